The molecule has 2 aromatic heterocycles. The second kappa shape index (κ2) is 7.06. The molecule has 1 aromatic carbocycles. The second-order valence-corrected chi connectivity index (χ2v) is 6.57. The fourth-order valence-corrected chi connectivity index (χ4v) is 3.18. The molecule has 1 aliphatic heterocycles. The Morgan fingerprint density at radius 1 is 1.18 bits per heavy atom. The molecule has 144 valence electrons. The maximum Gasteiger partial charge on any atom is 0.416 e. The van der Waals surface area contributed by atoms with Crippen molar-refractivity contribution in [1.29, 1.82) is 0 Å². The van der Waals surface area contributed by atoms with Crippen molar-refractivity contribution >= 4 is 5.91 Å². The average Bonchev–Trinajstić information content (AvgIpc) is 3.30. The lowest BCUT2D eigenvalue weighted by atomic mass is 10.1. The summed E-state index contributed by atoms with van der Waals surface area (Å²) in [7, 11) is 0. The van der Waals surface area contributed by atoms with Crippen LogP contribution in [0, 0.1) is 0 Å². The highest BCUT2D eigenvalue weighted by Gasteiger charge is 2.34. The first kappa shape index (κ1) is 18.1. The average molecular weight is 388 g/mol. The summed E-state index contributed by atoms with van der Waals surface area (Å²) in [5.41, 5.74) is 0.418. The molecule has 1 saturated heterocycles. The zero-order chi connectivity index (χ0) is 19.7. The standard InChI is InChI=1S/C19H15F3N4O2/c20-19(21,22)15-3-1-2-12(8-15)10-26-11-14(9-16(26)27)17-24-18(28-25-17)13-4-6-23-7-5-13/h1-8,14H,9-11H2. The Morgan fingerprint density at radius 2 is 1.96 bits per heavy atom. The van der Waals surface area contributed by atoms with E-state index in [1.165, 1.54) is 11.0 Å². The van der Waals surface area contributed by atoms with Gasteiger partial charge in [0, 0.05) is 43.4 Å². The van der Waals surface area contributed by atoms with Gasteiger partial charge in [0.25, 0.3) is 5.89 Å². The highest BCUT2D eigenvalue weighted by molar-refractivity contribution is 5.79. The Labute approximate surface area is 158 Å². The van der Waals surface area contributed by atoms with Crippen molar-refractivity contribution < 1.29 is 22.5 Å². The van der Waals surface area contributed by atoms with Gasteiger partial charge in [-0.1, -0.05) is 17.3 Å². The summed E-state index contributed by atoms with van der Waals surface area (Å²) in [6.07, 6.45) is -1.01. The highest BCUT2D eigenvalue weighted by atomic mass is 19.4. The first-order valence-electron chi connectivity index (χ1n) is 8.58. The molecule has 1 unspecified atom stereocenters. The van der Waals surface area contributed by atoms with Gasteiger partial charge in [-0.25, -0.2) is 0 Å². The molecule has 0 bridgehead atoms. The van der Waals surface area contributed by atoms with Gasteiger partial charge < -0.3 is 9.42 Å². The van der Waals surface area contributed by atoms with E-state index >= 15 is 0 Å². The van der Waals surface area contributed by atoms with E-state index in [-0.39, 0.29) is 24.8 Å². The Hall–Kier alpha value is -3.23. The maximum absolute atomic E-state index is 12.9. The number of nitrogens with zero attached hydrogens (tertiary/aromatic N) is 4. The molecule has 0 aliphatic carbocycles. The van der Waals surface area contributed by atoms with Gasteiger partial charge in [0.1, 0.15) is 0 Å². The lowest BCUT2D eigenvalue weighted by Gasteiger charge is -2.17. The number of hydrogen-bond donors (Lipinski definition) is 0. The first-order chi connectivity index (χ1) is 13.4. The molecule has 28 heavy (non-hydrogen) atoms. The number of benzene rings is 1. The van der Waals surface area contributed by atoms with E-state index in [4.69, 9.17) is 4.52 Å². The van der Waals surface area contributed by atoms with Gasteiger partial charge in [0.2, 0.25) is 5.91 Å². The van der Waals surface area contributed by atoms with E-state index in [0.717, 1.165) is 17.7 Å². The molecule has 4 rings (SSSR count). The van der Waals surface area contributed by atoms with Crippen LogP contribution in [0.1, 0.15) is 29.3 Å². The molecular formula is C19H15F3N4O2. The Balaban J connectivity index is 1.47. The number of hydrogen-bond acceptors (Lipinski definition) is 5. The van der Waals surface area contributed by atoms with Gasteiger partial charge in [-0.05, 0) is 29.8 Å². The third kappa shape index (κ3) is 3.73. The second-order valence-electron chi connectivity index (χ2n) is 6.57. The molecule has 3 heterocycles. The van der Waals surface area contributed by atoms with Gasteiger partial charge >= 0.3 is 6.18 Å². The first-order valence-corrected chi connectivity index (χ1v) is 8.58. The number of carbonyl (C=O) groups excluding carboxylic acids is 1. The van der Waals surface area contributed by atoms with Crippen LogP contribution >= 0.6 is 0 Å². The predicted molar refractivity (Wildman–Crippen MR) is 91.7 cm³/mol. The molecule has 0 saturated carbocycles. The van der Waals surface area contributed by atoms with Crippen LogP contribution < -0.4 is 0 Å². The third-order valence-corrected chi connectivity index (χ3v) is 4.58. The van der Waals surface area contributed by atoms with Crippen molar-refractivity contribution in [1.82, 2.24) is 20.0 Å². The number of alkyl halides is 3. The van der Waals surface area contributed by atoms with E-state index in [1.807, 2.05) is 0 Å². The highest BCUT2D eigenvalue weighted by Crippen LogP contribution is 2.32. The molecule has 3 aromatic rings. The van der Waals surface area contributed by atoms with Crippen molar-refractivity contribution in [2.24, 2.45) is 0 Å². The van der Waals surface area contributed by atoms with Crippen molar-refractivity contribution in [3.05, 3.63) is 65.7 Å². The molecule has 1 aliphatic rings. The summed E-state index contributed by atoms with van der Waals surface area (Å²) in [4.78, 5) is 22.1. The van der Waals surface area contributed by atoms with Crippen LogP contribution in [-0.2, 0) is 17.5 Å². The summed E-state index contributed by atoms with van der Waals surface area (Å²) < 4.78 is 43.9. The lowest BCUT2D eigenvalue weighted by Crippen LogP contribution is -2.24. The molecular weight excluding hydrogens is 373 g/mol. The zero-order valence-corrected chi connectivity index (χ0v) is 14.6. The van der Waals surface area contributed by atoms with E-state index < -0.39 is 11.7 Å². The Bertz CT molecular complexity index is 988. The normalized spacial score (nSPS) is 17.3. The molecule has 0 N–H and O–H groups in total. The van der Waals surface area contributed by atoms with Crippen LogP contribution in [0.15, 0.2) is 53.3 Å². The minimum atomic E-state index is -4.42. The summed E-state index contributed by atoms with van der Waals surface area (Å²) in [5.74, 6) is 0.322. The smallest absolute Gasteiger partial charge is 0.338 e. The Kier molecular flexibility index (Phi) is 4.58. The van der Waals surface area contributed by atoms with Gasteiger partial charge in [0.05, 0.1) is 5.56 Å². The number of carbonyl (C=O) groups is 1. The number of halogens is 3. The number of aromatic nitrogens is 3. The maximum atomic E-state index is 12.9. The molecule has 1 fully saturated rings. The zero-order valence-electron chi connectivity index (χ0n) is 14.6. The molecule has 6 nitrogen and oxygen atoms in total. The van der Waals surface area contributed by atoms with Gasteiger partial charge in [0.15, 0.2) is 5.82 Å². The van der Waals surface area contributed by atoms with E-state index in [2.05, 4.69) is 15.1 Å². The van der Waals surface area contributed by atoms with Crippen LogP contribution in [-0.4, -0.2) is 32.5 Å². The van der Waals surface area contributed by atoms with Crippen LogP contribution in [0.3, 0.4) is 0 Å². The number of pyridine rings is 1. The van der Waals surface area contributed by atoms with Gasteiger partial charge in [-0.2, -0.15) is 18.2 Å². The monoisotopic (exact) mass is 388 g/mol. The van der Waals surface area contributed by atoms with Crippen molar-refractivity contribution in [3.63, 3.8) is 0 Å². The lowest BCUT2D eigenvalue weighted by molar-refractivity contribution is -0.137. The van der Waals surface area contributed by atoms with Crippen LogP contribution in [0.25, 0.3) is 11.5 Å². The van der Waals surface area contributed by atoms with Crippen molar-refractivity contribution in [2.45, 2.75) is 25.1 Å². The van der Waals surface area contributed by atoms with Gasteiger partial charge in [-0.15, -0.1) is 0 Å². The third-order valence-electron chi connectivity index (χ3n) is 4.58. The van der Waals surface area contributed by atoms with Gasteiger partial charge in [-0.3, -0.25) is 9.78 Å². The summed E-state index contributed by atoms with van der Waals surface area (Å²) in [6, 6.07) is 8.46. The number of rotatable bonds is 4. The summed E-state index contributed by atoms with van der Waals surface area (Å²) >= 11 is 0. The number of amides is 1. The van der Waals surface area contributed by atoms with E-state index in [9.17, 15) is 18.0 Å². The molecule has 1 amide bonds. The SMILES string of the molecule is O=C1CC(c2noc(-c3ccncc3)n2)CN1Cc1cccc(C(F)(F)F)c1. The van der Waals surface area contributed by atoms with E-state index in [1.54, 1.807) is 30.6 Å². The minimum absolute atomic E-state index is 0.105. The minimum Gasteiger partial charge on any atom is -0.338 e. The fourth-order valence-electron chi connectivity index (χ4n) is 3.18. The largest absolute Gasteiger partial charge is 0.416 e. The van der Waals surface area contributed by atoms with Crippen LogP contribution in [0.5, 0.6) is 0 Å². The van der Waals surface area contributed by atoms with E-state index in [0.29, 0.717) is 23.8 Å². The number of likely N-dealkylation sites (tertiary alicyclic amines) is 1. The predicted octanol–water partition coefficient (Wildman–Crippen LogP) is 3.67. The van der Waals surface area contributed by atoms with Crippen molar-refractivity contribution in [2.75, 3.05) is 6.54 Å². The summed E-state index contributed by atoms with van der Waals surface area (Å²) in [6.45, 7) is 0.429. The quantitative estimate of drug-likeness (QED) is 0.682. The Morgan fingerprint density at radius 3 is 2.71 bits per heavy atom. The molecule has 1 atom stereocenters. The summed E-state index contributed by atoms with van der Waals surface area (Å²) in [5, 5.41) is 3.96. The molecule has 9 heteroatoms. The fraction of sp³-hybridized carbons (Fsp3) is 0.263. The van der Waals surface area contributed by atoms with Crippen molar-refractivity contribution in [3.8, 4) is 11.5 Å². The topological polar surface area (TPSA) is 72.1 Å². The molecule has 0 radical (unpaired) electrons. The molecule has 0 spiro atoms. The van der Waals surface area contributed by atoms with Crippen LogP contribution in [0.2, 0.25) is 0 Å². The van der Waals surface area contributed by atoms with Crippen LogP contribution in [0.4, 0.5) is 13.2 Å².